The molecule has 0 atom stereocenters. The van der Waals surface area contributed by atoms with E-state index in [9.17, 15) is 0 Å². The zero-order valence-electron chi connectivity index (χ0n) is 15.0. The number of fused-ring (bicyclic) bond motifs is 3. The van der Waals surface area contributed by atoms with Crippen molar-refractivity contribution in [1.82, 2.24) is 4.57 Å². The predicted molar refractivity (Wildman–Crippen MR) is 111 cm³/mol. The Morgan fingerprint density at radius 1 is 0.615 bits per heavy atom. The lowest BCUT2D eigenvalue weighted by atomic mass is 10.1. The Hall–Kier alpha value is -2.98. The molecule has 1 nitrogen and oxygen atoms in total. The Morgan fingerprint density at radius 2 is 1.23 bits per heavy atom. The summed E-state index contributed by atoms with van der Waals surface area (Å²) in [5.74, 6) is 6.54. The van der Waals surface area contributed by atoms with Gasteiger partial charge in [-0.25, -0.2) is 0 Å². The van der Waals surface area contributed by atoms with Crippen LogP contribution in [0.5, 0.6) is 0 Å². The van der Waals surface area contributed by atoms with Crippen molar-refractivity contribution in [3.8, 4) is 11.8 Å². The molecule has 0 saturated carbocycles. The Kier molecular flexibility index (Phi) is 5.03. The molecule has 0 unspecified atom stereocenters. The maximum absolute atomic E-state index is 3.30. The van der Waals surface area contributed by atoms with Crippen LogP contribution in [-0.2, 0) is 6.54 Å². The molecule has 0 aliphatic heterocycles. The minimum absolute atomic E-state index is 0.974. The van der Waals surface area contributed by atoms with Gasteiger partial charge in [-0.15, -0.1) is 0 Å². The third kappa shape index (κ3) is 3.51. The first-order valence-corrected chi connectivity index (χ1v) is 9.43. The standard InChI is InChI=1S/C25H23N/c1(2-5-13-21-14-6-4-7-15-21)3-12-20-26-24-18-10-8-16-22(24)23-17-9-11-19-25(23)26/h4,6-11,14-19H,1-3,12,20H2. The number of para-hydroxylation sites is 2. The first kappa shape index (κ1) is 16.5. The minimum atomic E-state index is 0.974. The minimum Gasteiger partial charge on any atom is -0.340 e. The lowest BCUT2D eigenvalue weighted by Gasteiger charge is -2.07. The highest BCUT2D eigenvalue weighted by Crippen LogP contribution is 2.29. The second-order valence-electron chi connectivity index (χ2n) is 6.66. The van der Waals surface area contributed by atoms with Gasteiger partial charge in [-0.3, -0.25) is 0 Å². The van der Waals surface area contributed by atoms with Crippen LogP contribution in [0.4, 0.5) is 0 Å². The molecule has 0 aliphatic rings. The lowest BCUT2D eigenvalue weighted by Crippen LogP contribution is -1.97. The summed E-state index contributed by atoms with van der Waals surface area (Å²) in [5, 5.41) is 2.72. The number of benzene rings is 3. The third-order valence-electron chi connectivity index (χ3n) is 4.87. The fourth-order valence-electron chi connectivity index (χ4n) is 3.59. The molecule has 3 aromatic carbocycles. The van der Waals surface area contributed by atoms with Crippen LogP contribution in [0.1, 0.15) is 31.2 Å². The maximum Gasteiger partial charge on any atom is 0.0491 e. The van der Waals surface area contributed by atoms with E-state index in [1.807, 2.05) is 18.2 Å². The number of aromatic nitrogens is 1. The van der Waals surface area contributed by atoms with Crippen LogP contribution in [0.3, 0.4) is 0 Å². The molecule has 0 bridgehead atoms. The summed E-state index contributed by atoms with van der Waals surface area (Å²) in [5.41, 5.74) is 3.80. The molecule has 128 valence electrons. The van der Waals surface area contributed by atoms with Crippen molar-refractivity contribution in [2.75, 3.05) is 0 Å². The average Bonchev–Trinajstić information content (AvgIpc) is 3.02. The number of rotatable bonds is 5. The van der Waals surface area contributed by atoms with Gasteiger partial charge in [0.1, 0.15) is 0 Å². The van der Waals surface area contributed by atoms with E-state index < -0.39 is 0 Å². The molecule has 1 heterocycles. The SMILES string of the molecule is C(#Cc1ccccc1)CCCCCn1c2ccccc2c2ccccc21. The number of unbranched alkanes of at least 4 members (excludes halogenated alkanes) is 3. The van der Waals surface area contributed by atoms with E-state index in [-0.39, 0.29) is 0 Å². The van der Waals surface area contributed by atoms with Crippen LogP contribution in [0.2, 0.25) is 0 Å². The Morgan fingerprint density at radius 3 is 1.92 bits per heavy atom. The molecule has 0 amide bonds. The van der Waals surface area contributed by atoms with Gasteiger partial charge in [0.05, 0.1) is 0 Å². The molecule has 4 rings (SSSR count). The summed E-state index contributed by atoms with van der Waals surface area (Å²) in [6, 6.07) is 27.7. The molecule has 0 saturated heterocycles. The van der Waals surface area contributed by atoms with E-state index in [0.717, 1.165) is 24.9 Å². The van der Waals surface area contributed by atoms with E-state index in [2.05, 4.69) is 77.1 Å². The van der Waals surface area contributed by atoms with Gasteiger partial charge in [-0.2, -0.15) is 0 Å². The van der Waals surface area contributed by atoms with Crippen molar-refractivity contribution in [1.29, 1.82) is 0 Å². The molecule has 26 heavy (non-hydrogen) atoms. The third-order valence-corrected chi connectivity index (χ3v) is 4.87. The van der Waals surface area contributed by atoms with Gasteiger partial charge in [-0.1, -0.05) is 72.9 Å². The van der Waals surface area contributed by atoms with E-state index in [1.54, 1.807) is 0 Å². The summed E-state index contributed by atoms with van der Waals surface area (Å²) in [6.45, 7) is 1.07. The topological polar surface area (TPSA) is 4.93 Å². The molecule has 1 heteroatoms. The lowest BCUT2D eigenvalue weighted by molar-refractivity contribution is 0.615. The predicted octanol–water partition coefficient (Wildman–Crippen LogP) is 6.41. The highest BCUT2D eigenvalue weighted by atomic mass is 15.0. The summed E-state index contributed by atoms with van der Waals surface area (Å²) in [6.07, 6.45) is 4.54. The van der Waals surface area contributed by atoms with Crippen LogP contribution in [-0.4, -0.2) is 4.57 Å². The van der Waals surface area contributed by atoms with Gasteiger partial charge in [0.15, 0.2) is 0 Å². The van der Waals surface area contributed by atoms with Crippen LogP contribution in [0, 0.1) is 11.8 Å². The van der Waals surface area contributed by atoms with Crippen molar-refractivity contribution in [2.45, 2.75) is 32.2 Å². The van der Waals surface area contributed by atoms with Crippen molar-refractivity contribution >= 4 is 21.8 Å². The van der Waals surface area contributed by atoms with E-state index in [0.29, 0.717) is 0 Å². The quantitative estimate of drug-likeness (QED) is 0.293. The first-order valence-electron chi connectivity index (χ1n) is 9.43. The fraction of sp³-hybridized carbons (Fsp3) is 0.200. The van der Waals surface area contributed by atoms with Crippen molar-refractivity contribution in [3.05, 3.63) is 84.4 Å². The zero-order valence-corrected chi connectivity index (χ0v) is 15.0. The summed E-state index contributed by atoms with van der Waals surface area (Å²) < 4.78 is 2.47. The zero-order chi connectivity index (χ0) is 17.6. The second kappa shape index (κ2) is 7.93. The van der Waals surface area contributed by atoms with Crippen molar-refractivity contribution < 1.29 is 0 Å². The molecule has 0 spiro atoms. The molecule has 1 aromatic heterocycles. The van der Waals surface area contributed by atoms with Crippen LogP contribution >= 0.6 is 0 Å². The Labute approximate surface area is 155 Å². The Bertz CT molecular complexity index is 1010. The van der Waals surface area contributed by atoms with Gasteiger partial charge in [0, 0.05) is 40.3 Å². The molecule has 0 aliphatic carbocycles. The normalized spacial score (nSPS) is 10.8. The Balaban J connectivity index is 1.37. The highest BCUT2D eigenvalue weighted by molar-refractivity contribution is 6.07. The summed E-state index contributed by atoms with van der Waals surface area (Å²) >= 11 is 0. The van der Waals surface area contributed by atoms with Crippen LogP contribution in [0.15, 0.2) is 78.9 Å². The maximum atomic E-state index is 3.30. The van der Waals surface area contributed by atoms with Gasteiger partial charge in [-0.05, 0) is 37.1 Å². The second-order valence-corrected chi connectivity index (χ2v) is 6.66. The van der Waals surface area contributed by atoms with Crippen molar-refractivity contribution in [3.63, 3.8) is 0 Å². The van der Waals surface area contributed by atoms with Gasteiger partial charge >= 0.3 is 0 Å². The fourth-order valence-corrected chi connectivity index (χ4v) is 3.59. The summed E-state index contributed by atoms with van der Waals surface area (Å²) in [7, 11) is 0. The average molecular weight is 337 g/mol. The largest absolute Gasteiger partial charge is 0.340 e. The summed E-state index contributed by atoms with van der Waals surface area (Å²) in [4.78, 5) is 0. The van der Waals surface area contributed by atoms with Crippen molar-refractivity contribution in [2.24, 2.45) is 0 Å². The molecular weight excluding hydrogens is 314 g/mol. The van der Waals surface area contributed by atoms with E-state index in [1.165, 1.54) is 34.6 Å². The van der Waals surface area contributed by atoms with Gasteiger partial charge < -0.3 is 4.57 Å². The number of hydrogen-bond acceptors (Lipinski definition) is 0. The molecule has 4 aromatic rings. The van der Waals surface area contributed by atoms with Gasteiger partial charge in [0.2, 0.25) is 0 Å². The molecular formula is C25H23N. The highest BCUT2D eigenvalue weighted by Gasteiger charge is 2.08. The van der Waals surface area contributed by atoms with Crippen LogP contribution < -0.4 is 0 Å². The van der Waals surface area contributed by atoms with E-state index in [4.69, 9.17) is 0 Å². The first-order chi connectivity index (χ1) is 12.9. The van der Waals surface area contributed by atoms with E-state index >= 15 is 0 Å². The number of nitrogens with zero attached hydrogens (tertiary/aromatic N) is 1. The molecule has 0 fully saturated rings. The van der Waals surface area contributed by atoms with Crippen LogP contribution in [0.25, 0.3) is 21.8 Å². The number of aryl methyl sites for hydroxylation is 1. The molecule has 0 radical (unpaired) electrons. The number of hydrogen-bond donors (Lipinski definition) is 0. The smallest absolute Gasteiger partial charge is 0.0491 e. The molecule has 0 N–H and O–H groups in total. The monoisotopic (exact) mass is 337 g/mol. The van der Waals surface area contributed by atoms with Gasteiger partial charge in [0.25, 0.3) is 0 Å².